The molecule has 0 fully saturated rings. The van der Waals surface area contributed by atoms with Crippen LogP contribution in [0.5, 0.6) is 5.75 Å². The second-order valence-electron chi connectivity index (χ2n) is 4.01. The third-order valence-corrected chi connectivity index (χ3v) is 2.95. The highest BCUT2D eigenvalue weighted by atomic mass is 16.5. The molecule has 0 spiro atoms. The Morgan fingerprint density at radius 1 is 1.44 bits per heavy atom. The molecule has 3 heteroatoms. The third-order valence-electron chi connectivity index (χ3n) is 2.95. The smallest absolute Gasteiger partial charge is 0.128 e. The lowest BCUT2D eigenvalue weighted by Gasteiger charge is -2.07. The molecule has 1 aromatic heterocycles. The largest absolute Gasteiger partial charge is 0.496 e. The van der Waals surface area contributed by atoms with Crippen LogP contribution in [0.1, 0.15) is 25.5 Å². The van der Waals surface area contributed by atoms with Crippen molar-refractivity contribution in [2.24, 2.45) is 5.73 Å². The minimum Gasteiger partial charge on any atom is -0.496 e. The van der Waals surface area contributed by atoms with Gasteiger partial charge >= 0.3 is 0 Å². The van der Waals surface area contributed by atoms with Crippen LogP contribution in [0.25, 0.3) is 10.9 Å². The summed E-state index contributed by atoms with van der Waals surface area (Å²) in [6.07, 6.45) is 2.12. The van der Waals surface area contributed by atoms with Gasteiger partial charge in [0.2, 0.25) is 0 Å². The van der Waals surface area contributed by atoms with E-state index in [-0.39, 0.29) is 6.04 Å². The number of rotatable bonds is 3. The van der Waals surface area contributed by atoms with Crippen LogP contribution in [0.15, 0.2) is 24.4 Å². The van der Waals surface area contributed by atoms with Crippen LogP contribution in [0.3, 0.4) is 0 Å². The Kier molecular flexibility index (Phi) is 2.88. The van der Waals surface area contributed by atoms with Crippen molar-refractivity contribution in [3.63, 3.8) is 0 Å². The van der Waals surface area contributed by atoms with Crippen LogP contribution < -0.4 is 10.5 Å². The van der Waals surface area contributed by atoms with Crippen LogP contribution in [-0.4, -0.2) is 11.7 Å². The van der Waals surface area contributed by atoms with Gasteiger partial charge < -0.3 is 15.0 Å². The molecule has 2 rings (SSSR count). The van der Waals surface area contributed by atoms with E-state index in [2.05, 4.69) is 23.8 Å². The molecule has 1 atom stereocenters. The molecule has 2 aromatic rings. The molecular formula is C13H18N2O. The van der Waals surface area contributed by atoms with Gasteiger partial charge in [-0.2, -0.15) is 0 Å². The van der Waals surface area contributed by atoms with Crippen molar-refractivity contribution in [1.82, 2.24) is 4.57 Å². The molecule has 0 bridgehead atoms. The summed E-state index contributed by atoms with van der Waals surface area (Å²) in [6, 6.07) is 6.12. The molecule has 0 amide bonds. The molecule has 1 aromatic carbocycles. The summed E-state index contributed by atoms with van der Waals surface area (Å²) in [4.78, 5) is 0. The van der Waals surface area contributed by atoms with Crippen LogP contribution >= 0.6 is 0 Å². The normalized spacial score (nSPS) is 13.0. The van der Waals surface area contributed by atoms with E-state index in [0.29, 0.717) is 0 Å². The average molecular weight is 218 g/mol. The molecule has 2 N–H and O–H groups in total. The van der Waals surface area contributed by atoms with Gasteiger partial charge in [-0.3, -0.25) is 0 Å². The lowest BCUT2D eigenvalue weighted by atomic mass is 10.1. The van der Waals surface area contributed by atoms with E-state index in [1.54, 1.807) is 7.11 Å². The van der Waals surface area contributed by atoms with Crippen molar-refractivity contribution < 1.29 is 4.74 Å². The summed E-state index contributed by atoms with van der Waals surface area (Å²) in [6.45, 7) is 5.07. The number of fused-ring (bicyclic) bond motifs is 1. The minimum absolute atomic E-state index is 0.0200. The SMILES string of the molecule is CCn1cc(C(C)N)c2c(OC)cccc21. The lowest BCUT2D eigenvalue weighted by Crippen LogP contribution is -2.04. The number of methoxy groups -OCH3 is 1. The maximum absolute atomic E-state index is 6.00. The predicted octanol–water partition coefficient (Wildman–Crippen LogP) is 2.69. The number of ether oxygens (including phenoxy) is 1. The molecule has 1 heterocycles. The summed E-state index contributed by atoms with van der Waals surface area (Å²) in [5.74, 6) is 0.900. The predicted molar refractivity (Wildman–Crippen MR) is 66.8 cm³/mol. The summed E-state index contributed by atoms with van der Waals surface area (Å²) < 4.78 is 7.61. The number of aryl methyl sites for hydroxylation is 1. The number of aromatic nitrogens is 1. The molecule has 86 valence electrons. The second kappa shape index (κ2) is 4.18. The van der Waals surface area contributed by atoms with Crippen molar-refractivity contribution in [3.8, 4) is 5.75 Å². The standard InChI is InChI=1S/C13H18N2O/c1-4-15-8-10(9(2)14)13-11(15)6-5-7-12(13)16-3/h5-9H,4,14H2,1-3H3. The number of hydrogen-bond donors (Lipinski definition) is 1. The number of hydrogen-bond acceptors (Lipinski definition) is 2. The zero-order chi connectivity index (χ0) is 11.7. The average Bonchev–Trinajstić information content (AvgIpc) is 2.67. The molecule has 0 aliphatic rings. The number of nitrogens with zero attached hydrogens (tertiary/aromatic N) is 1. The molecule has 16 heavy (non-hydrogen) atoms. The zero-order valence-electron chi connectivity index (χ0n) is 10.0. The fraction of sp³-hybridized carbons (Fsp3) is 0.385. The van der Waals surface area contributed by atoms with Crippen LogP contribution in [0.4, 0.5) is 0 Å². The highest BCUT2D eigenvalue weighted by molar-refractivity contribution is 5.90. The van der Waals surface area contributed by atoms with E-state index in [9.17, 15) is 0 Å². The van der Waals surface area contributed by atoms with Gasteiger partial charge in [-0.05, 0) is 31.5 Å². The van der Waals surface area contributed by atoms with E-state index in [1.165, 1.54) is 5.52 Å². The molecule has 0 aliphatic heterocycles. The van der Waals surface area contributed by atoms with Gasteiger partial charge in [0.25, 0.3) is 0 Å². The van der Waals surface area contributed by atoms with Gasteiger partial charge in [0.1, 0.15) is 5.75 Å². The van der Waals surface area contributed by atoms with Gasteiger partial charge in [0.05, 0.1) is 12.6 Å². The molecule has 1 unspecified atom stereocenters. The number of benzene rings is 1. The first-order chi connectivity index (χ1) is 7.69. The monoisotopic (exact) mass is 218 g/mol. The van der Waals surface area contributed by atoms with Crippen LogP contribution in [0.2, 0.25) is 0 Å². The van der Waals surface area contributed by atoms with Crippen molar-refractivity contribution in [2.75, 3.05) is 7.11 Å². The quantitative estimate of drug-likeness (QED) is 0.860. The van der Waals surface area contributed by atoms with Gasteiger partial charge in [0, 0.05) is 24.2 Å². The lowest BCUT2D eigenvalue weighted by molar-refractivity contribution is 0.419. The van der Waals surface area contributed by atoms with E-state index < -0.39 is 0 Å². The topological polar surface area (TPSA) is 40.2 Å². The fourth-order valence-electron chi connectivity index (χ4n) is 2.13. The maximum atomic E-state index is 6.00. The Bertz CT molecular complexity index is 500. The van der Waals surface area contributed by atoms with Crippen molar-refractivity contribution in [2.45, 2.75) is 26.4 Å². The molecular weight excluding hydrogens is 200 g/mol. The van der Waals surface area contributed by atoms with Gasteiger partial charge in [0.15, 0.2) is 0 Å². The van der Waals surface area contributed by atoms with Gasteiger partial charge in [-0.1, -0.05) is 6.07 Å². The van der Waals surface area contributed by atoms with E-state index >= 15 is 0 Å². The van der Waals surface area contributed by atoms with E-state index in [4.69, 9.17) is 10.5 Å². The minimum atomic E-state index is 0.0200. The Balaban J connectivity index is 2.80. The Hall–Kier alpha value is -1.48. The summed E-state index contributed by atoms with van der Waals surface area (Å²) >= 11 is 0. The summed E-state index contributed by atoms with van der Waals surface area (Å²) in [5.41, 5.74) is 8.34. The first kappa shape index (κ1) is 11.0. The van der Waals surface area contributed by atoms with Crippen LogP contribution in [0, 0.1) is 0 Å². The molecule has 3 nitrogen and oxygen atoms in total. The molecule has 0 radical (unpaired) electrons. The van der Waals surface area contributed by atoms with E-state index in [0.717, 1.165) is 23.2 Å². The Labute approximate surface area is 95.8 Å². The summed E-state index contributed by atoms with van der Waals surface area (Å²) in [5, 5.41) is 1.14. The highest BCUT2D eigenvalue weighted by Crippen LogP contribution is 2.33. The first-order valence-corrected chi connectivity index (χ1v) is 5.60. The third kappa shape index (κ3) is 1.57. The Morgan fingerprint density at radius 2 is 2.19 bits per heavy atom. The molecule has 0 saturated heterocycles. The molecule has 0 saturated carbocycles. The molecule has 0 aliphatic carbocycles. The second-order valence-corrected chi connectivity index (χ2v) is 4.01. The maximum Gasteiger partial charge on any atom is 0.128 e. The van der Waals surface area contributed by atoms with E-state index in [1.807, 2.05) is 19.1 Å². The van der Waals surface area contributed by atoms with Crippen molar-refractivity contribution in [3.05, 3.63) is 30.0 Å². The van der Waals surface area contributed by atoms with Crippen molar-refractivity contribution in [1.29, 1.82) is 0 Å². The number of nitrogens with two attached hydrogens (primary N) is 1. The summed E-state index contributed by atoms with van der Waals surface area (Å²) in [7, 11) is 1.70. The van der Waals surface area contributed by atoms with Crippen molar-refractivity contribution >= 4 is 10.9 Å². The highest BCUT2D eigenvalue weighted by Gasteiger charge is 2.14. The zero-order valence-corrected chi connectivity index (χ0v) is 10.0. The van der Waals surface area contributed by atoms with Gasteiger partial charge in [-0.25, -0.2) is 0 Å². The first-order valence-electron chi connectivity index (χ1n) is 5.60. The van der Waals surface area contributed by atoms with Gasteiger partial charge in [-0.15, -0.1) is 0 Å². The fourth-order valence-corrected chi connectivity index (χ4v) is 2.13. The Morgan fingerprint density at radius 3 is 2.75 bits per heavy atom. The van der Waals surface area contributed by atoms with Crippen LogP contribution in [-0.2, 0) is 6.54 Å².